The second-order valence-corrected chi connectivity index (χ2v) is 6.04. The van der Waals surface area contributed by atoms with E-state index in [0.29, 0.717) is 6.01 Å². The van der Waals surface area contributed by atoms with Gasteiger partial charge in [0.15, 0.2) is 0 Å². The Balaban J connectivity index is 1.76. The average molecular weight is 347 g/mol. The first-order valence-corrected chi connectivity index (χ1v) is 8.77. The molecule has 0 saturated carbocycles. The summed E-state index contributed by atoms with van der Waals surface area (Å²) in [5.41, 5.74) is 5.30. The van der Waals surface area contributed by atoms with E-state index >= 15 is 0 Å². The van der Waals surface area contributed by atoms with Crippen LogP contribution in [0, 0.1) is 0 Å². The quantitative estimate of drug-likeness (QED) is 0.524. The van der Waals surface area contributed by atoms with Gasteiger partial charge in [0.2, 0.25) is 0 Å². The fourth-order valence-corrected chi connectivity index (χ4v) is 3.17. The minimum atomic E-state index is 0.463. The Bertz CT molecular complexity index is 985. The van der Waals surface area contributed by atoms with Crippen LogP contribution in [0.25, 0.3) is 22.0 Å². The van der Waals surface area contributed by atoms with Crippen molar-refractivity contribution in [1.29, 1.82) is 0 Å². The van der Waals surface area contributed by atoms with Crippen molar-refractivity contribution in [3.63, 3.8) is 0 Å². The largest absolute Gasteiger partial charge is 0.432 e. The first kappa shape index (κ1) is 16.2. The molecule has 6 heteroatoms. The topological polar surface area (TPSA) is 70.0 Å². The molecular formula is C20H21N5O. The van der Waals surface area contributed by atoms with Crippen LogP contribution in [0.5, 0.6) is 0 Å². The third-order valence-electron chi connectivity index (χ3n) is 4.56. The minimum absolute atomic E-state index is 0.463. The van der Waals surface area contributed by atoms with Gasteiger partial charge in [0.1, 0.15) is 6.26 Å². The number of hydrogen-bond donors (Lipinski definition) is 2. The molecule has 2 N–H and O–H groups in total. The lowest BCUT2D eigenvalue weighted by Gasteiger charge is -2.21. The number of rotatable bonds is 6. The van der Waals surface area contributed by atoms with Gasteiger partial charge in [0, 0.05) is 29.7 Å². The van der Waals surface area contributed by atoms with Crippen LogP contribution in [0.1, 0.15) is 13.8 Å². The Morgan fingerprint density at radius 2 is 1.92 bits per heavy atom. The second-order valence-electron chi connectivity index (χ2n) is 6.04. The van der Waals surface area contributed by atoms with Crippen molar-refractivity contribution >= 4 is 28.3 Å². The lowest BCUT2D eigenvalue weighted by molar-refractivity contribution is 0.578. The molecular weight excluding hydrogens is 326 g/mol. The molecule has 0 aliphatic heterocycles. The third kappa shape index (κ3) is 3.01. The van der Waals surface area contributed by atoms with Gasteiger partial charge in [-0.25, -0.2) is 4.98 Å². The first-order chi connectivity index (χ1) is 12.8. The van der Waals surface area contributed by atoms with Gasteiger partial charge >= 0.3 is 0 Å². The molecule has 0 amide bonds. The maximum atomic E-state index is 5.35. The van der Waals surface area contributed by atoms with E-state index in [2.05, 4.69) is 69.6 Å². The number of oxazole rings is 1. The molecule has 2 aromatic heterocycles. The van der Waals surface area contributed by atoms with Crippen molar-refractivity contribution in [3.05, 3.63) is 55.1 Å². The SMILES string of the molecule is CCN(CC)c1ccc(-c2cc3cn[nH]c3cc2Nc2ncco2)cc1. The number of nitrogens with one attached hydrogen (secondary N) is 2. The zero-order chi connectivity index (χ0) is 17.9. The van der Waals surface area contributed by atoms with E-state index < -0.39 is 0 Å². The molecule has 0 spiro atoms. The number of anilines is 3. The van der Waals surface area contributed by atoms with Crippen molar-refractivity contribution in [1.82, 2.24) is 15.2 Å². The van der Waals surface area contributed by atoms with Crippen molar-refractivity contribution in [2.75, 3.05) is 23.3 Å². The van der Waals surface area contributed by atoms with Crippen LogP contribution in [0.15, 0.2) is 59.5 Å². The molecule has 0 fully saturated rings. The van der Waals surface area contributed by atoms with Crippen LogP contribution in [0.2, 0.25) is 0 Å². The molecule has 0 aliphatic carbocycles. The van der Waals surface area contributed by atoms with Gasteiger partial charge < -0.3 is 14.6 Å². The standard InChI is InChI=1S/C20H21N5O/c1-3-25(4-2)16-7-5-14(6-8-16)17-11-15-13-22-24-18(15)12-19(17)23-20-21-9-10-26-20/h5-13H,3-4H2,1-2H3,(H,21,23)(H,22,24). The van der Waals surface area contributed by atoms with Crippen LogP contribution in [-0.4, -0.2) is 28.3 Å². The van der Waals surface area contributed by atoms with Crippen LogP contribution in [-0.2, 0) is 0 Å². The molecule has 4 aromatic rings. The third-order valence-corrected chi connectivity index (χ3v) is 4.56. The normalized spacial score (nSPS) is 11.0. The van der Waals surface area contributed by atoms with Gasteiger partial charge in [-0.1, -0.05) is 12.1 Å². The number of aromatic amines is 1. The molecule has 0 radical (unpaired) electrons. The van der Waals surface area contributed by atoms with Gasteiger partial charge in [0.25, 0.3) is 6.01 Å². The molecule has 26 heavy (non-hydrogen) atoms. The highest BCUT2D eigenvalue weighted by atomic mass is 16.4. The summed E-state index contributed by atoms with van der Waals surface area (Å²) >= 11 is 0. The summed E-state index contributed by atoms with van der Waals surface area (Å²) in [7, 11) is 0. The van der Waals surface area contributed by atoms with E-state index in [1.807, 2.05) is 12.3 Å². The van der Waals surface area contributed by atoms with E-state index in [4.69, 9.17) is 4.42 Å². The first-order valence-electron chi connectivity index (χ1n) is 8.77. The molecule has 0 aliphatic rings. The molecule has 132 valence electrons. The van der Waals surface area contributed by atoms with Crippen LogP contribution in [0.3, 0.4) is 0 Å². The predicted molar refractivity (Wildman–Crippen MR) is 105 cm³/mol. The van der Waals surface area contributed by atoms with E-state index in [0.717, 1.165) is 40.8 Å². The molecule has 2 heterocycles. The minimum Gasteiger partial charge on any atom is -0.432 e. The molecule has 4 rings (SSSR count). The maximum Gasteiger partial charge on any atom is 0.299 e. The van der Waals surface area contributed by atoms with Crippen LogP contribution < -0.4 is 10.2 Å². The number of fused-ring (bicyclic) bond motifs is 1. The fourth-order valence-electron chi connectivity index (χ4n) is 3.17. The zero-order valence-electron chi connectivity index (χ0n) is 14.9. The number of nitrogens with zero attached hydrogens (tertiary/aromatic N) is 3. The summed E-state index contributed by atoms with van der Waals surface area (Å²) in [5.74, 6) is 0. The number of hydrogen-bond acceptors (Lipinski definition) is 5. The molecule has 0 atom stereocenters. The highest BCUT2D eigenvalue weighted by Crippen LogP contribution is 2.34. The smallest absolute Gasteiger partial charge is 0.299 e. The molecule has 0 bridgehead atoms. The van der Waals surface area contributed by atoms with Crippen LogP contribution in [0.4, 0.5) is 17.4 Å². The summed E-state index contributed by atoms with van der Waals surface area (Å²) in [4.78, 5) is 6.49. The van der Waals surface area contributed by atoms with Crippen molar-refractivity contribution in [2.24, 2.45) is 0 Å². The molecule has 0 unspecified atom stereocenters. The Morgan fingerprint density at radius 3 is 2.62 bits per heavy atom. The average Bonchev–Trinajstić information content (AvgIpc) is 3.34. The van der Waals surface area contributed by atoms with Crippen LogP contribution >= 0.6 is 0 Å². The lowest BCUT2D eigenvalue weighted by Crippen LogP contribution is -2.21. The molecule has 0 saturated heterocycles. The Morgan fingerprint density at radius 1 is 1.12 bits per heavy atom. The number of aromatic nitrogens is 3. The van der Waals surface area contributed by atoms with Crippen molar-refractivity contribution < 1.29 is 4.42 Å². The highest BCUT2D eigenvalue weighted by Gasteiger charge is 2.11. The fraction of sp³-hybridized carbons (Fsp3) is 0.200. The molecule has 2 aromatic carbocycles. The summed E-state index contributed by atoms with van der Waals surface area (Å²) in [6.45, 7) is 6.33. The van der Waals surface area contributed by atoms with Gasteiger partial charge in [-0.2, -0.15) is 5.10 Å². The summed E-state index contributed by atoms with van der Waals surface area (Å²) in [6, 6.07) is 13.2. The second kappa shape index (κ2) is 6.92. The van der Waals surface area contributed by atoms with Gasteiger partial charge in [-0.15, -0.1) is 0 Å². The van der Waals surface area contributed by atoms with Gasteiger partial charge in [-0.3, -0.25) is 5.10 Å². The van der Waals surface area contributed by atoms with E-state index in [1.54, 1.807) is 12.5 Å². The van der Waals surface area contributed by atoms with E-state index in [1.165, 1.54) is 5.69 Å². The van der Waals surface area contributed by atoms with Crippen molar-refractivity contribution in [2.45, 2.75) is 13.8 Å². The van der Waals surface area contributed by atoms with E-state index in [9.17, 15) is 0 Å². The Kier molecular flexibility index (Phi) is 4.31. The van der Waals surface area contributed by atoms with Crippen molar-refractivity contribution in [3.8, 4) is 11.1 Å². The summed E-state index contributed by atoms with van der Waals surface area (Å²) in [6.07, 6.45) is 5.00. The number of benzene rings is 2. The summed E-state index contributed by atoms with van der Waals surface area (Å²) in [5, 5.41) is 11.5. The summed E-state index contributed by atoms with van der Waals surface area (Å²) < 4.78 is 5.35. The Labute approximate surface area is 151 Å². The highest BCUT2D eigenvalue weighted by molar-refractivity contribution is 5.93. The predicted octanol–water partition coefficient (Wildman–Crippen LogP) is 4.81. The monoisotopic (exact) mass is 347 g/mol. The molecule has 6 nitrogen and oxygen atoms in total. The zero-order valence-corrected chi connectivity index (χ0v) is 14.9. The van der Waals surface area contributed by atoms with E-state index in [-0.39, 0.29) is 0 Å². The Hall–Kier alpha value is -3.28. The lowest BCUT2D eigenvalue weighted by atomic mass is 10.0. The number of H-pyrrole nitrogens is 1. The van der Waals surface area contributed by atoms with Gasteiger partial charge in [0.05, 0.1) is 23.6 Å². The van der Waals surface area contributed by atoms with Gasteiger partial charge in [-0.05, 0) is 43.7 Å². The maximum absolute atomic E-state index is 5.35.